The highest BCUT2D eigenvalue weighted by atomic mass is 32.2. The van der Waals surface area contributed by atoms with Crippen molar-refractivity contribution in [3.05, 3.63) is 28.0 Å². The van der Waals surface area contributed by atoms with E-state index in [9.17, 15) is 8.42 Å². The third kappa shape index (κ3) is 2.84. The topological polar surface area (TPSA) is 103 Å². The van der Waals surface area contributed by atoms with Crippen LogP contribution in [0.25, 0.3) is 0 Å². The van der Waals surface area contributed by atoms with E-state index in [1.54, 1.807) is 23.9 Å². The lowest BCUT2D eigenvalue weighted by atomic mass is 10.3. The molecule has 0 aliphatic heterocycles. The molecular formula is C10H15N5O2S2. The fraction of sp³-hybridized carbons (Fsp3) is 0.400. The summed E-state index contributed by atoms with van der Waals surface area (Å²) in [4.78, 5) is 0.935. The number of hydrogen-bond acceptors (Lipinski definition) is 6. The second-order valence-corrected chi connectivity index (χ2v) is 6.73. The van der Waals surface area contributed by atoms with Gasteiger partial charge in [0.1, 0.15) is 17.0 Å². The molecule has 2 aromatic heterocycles. The monoisotopic (exact) mass is 301 g/mol. The van der Waals surface area contributed by atoms with Gasteiger partial charge in [-0.25, -0.2) is 13.1 Å². The van der Waals surface area contributed by atoms with E-state index < -0.39 is 10.0 Å². The first-order valence-corrected chi connectivity index (χ1v) is 7.91. The highest BCUT2D eigenvalue weighted by Crippen LogP contribution is 2.26. The molecule has 3 N–H and O–H groups in total. The number of rotatable bonds is 5. The smallest absolute Gasteiger partial charge is 0.242 e. The van der Waals surface area contributed by atoms with Gasteiger partial charge in [-0.15, -0.1) is 21.5 Å². The standard InChI is InChI=1S/C10H15N5O2S2/c1-7-5-18-8(3-11)10(7)19(16,17)13-4-9-14-12-6-15(9)2/h5-6,13H,3-4,11H2,1-2H3. The Balaban J connectivity index is 2.23. The van der Waals surface area contributed by atoms with Crippen LogP contribution < -0.4 is 10.5 Å². The van der Waals surface area contributed by atoms with Gasteiger partial charge in [-0.2, -0.15) is 0 Å². The molecule has 0 aliphatic rings. The number of hydrogen-bond donors (Lipinski definition) is 2. The van der Waals surface area contributed by atoms with Crippen molar-refractivity contribution in [1.29, 1.82) is 0 Å². The first-order chi connectivity index (χ1) is 8.95. The second-order valence-electron chi connectivity index (χ2n) is 4.06. The quantitative estimate of drug-likeness (QED) is 0.816. The van der Waals surface area contributed by atoms with Gasteiger partial charge in [0.25, 0.3) is 0 Å². The third-order valence-electron chi connectivity index (χ3n) is 2.67. The Morgan fingerprint density at radius 1 is 1.53 bits per heavy atom. The normalized spacial score (nSPS) is 11.9. The summed E-state index contributed by atoms with van der Waals surface area (Å²) >= 11 is 1.35. The Morgan fingerprint density at radius 2 is 2.26 bits per heavy atom. The van der Waals surface area contributed by atoms with Gasteiger partial charge in [0.2, 0.25) is 10.0 Å². The second kappa shape index (κ2) is 5.37. The van der Waals surface area contributed by atoms with Crippen LogP contribution in [0.15, 0.2) is 16.6 Å². The van der Waals surface area contributed by atoms with Crippen molar-refractivity contribution in [3.63, 3.8) is 0 Å². The number of nitrogens with zero attached hydrogens (tertiary/aromatic N) is 3. The van der Waals surface area contributed by atoms with Gasteiger partial charge < -0.3 is 10.3 Å². The molecule has 0 spiro atoms. The van der Waals surface area contributed by atoms with E-state index in [-0.39, 0.29) is 18.0 Å². The molecule has 0 amide bonds. The Kier molecular flexibility index (Phi) is 3.99. The molecule has 19 heavy (non-hydrogen) atoms. The fourth-order valence-electron chi connectivity index (χ4n) is 1.69. The minimum absolute atomic E-state index is 0.0954. The molecule has 0 atom stereocenters. The lowest BCUT2D eigenvalue weighted by Crippen LogP contribution is -2.26. The Labute approximate surface area is 115 Å². The Hall–Kier alpha value is -1.29. The third-order valence-corrected chi connectivity index (χ3v) is 5.56. The van der Waals surface area contributed by atoms with Gasteiger partial charge >= 0.3 is 0 Å². The summed E-state index contributed by atoms with van der Waals surface area (Å²) in [6, 6.07) is 0. The van der Waals surface area contributed by atoms with Crippen molar-refractivity contribution in [2.45, 2.75) is 24.9 Å². The zero-order valence-corrected chi connectivity index (χ0v) is 12.3. The molecule has 0 saturated heterocycles. The molecule has 9 heteroatoms. The van der Waals surface area contributed by atoms with Crippen molar-refractivity contribution in [2.75, 3.05) is 0 Å². The molecule has 0 bridgehead atoms. The maximum Gasteiger partial charge on any atom is 0.242 e. The molecule has 2 aromatic rings. The summed E-state index contributed by atoms with van der Waals surface area (Å²) in [6.07, 6.45) is 1.52. The summed E-state index contributed by atoms with van der Waals surface area (Å²) in [5.74, 6) is 0.547. The first kappa shape index (κ1) is 14.1. The lowest BCUT2D eigenvalue weighted by Gasteiger charge is -2.08. The van der Waals surface area contributed by atoms with Crippen LogP contribution in [-0.4, -0.2) is 23.2 Å². The number of aromatic nitrogens is 3. The van der Waals surface area contributed by atoms with Crippen LogP contribution in [0.5, 0.6) is 0 Å². The average Bonchev–Trinajstić information content (AvgIpc) is 2.93. The maximum atomic E-state index is 12.3. The van der Waals surface area contributed by atoms with E-state index in [1.807, 2.05) is 0 Å². The van der Waals surface area contributed by atoms with Crippen LogP contribution in [0.2, 0.25) is 0 Å². The van der Waals surface area contributed by atoms with Crippen LogP contribution in [0.4, 0.5) is 0 Å². The number of nitrogens with one attached hydrogen (secondary N) is 1. The van der Waals surface area contributed by atoms with E-state index in [1.165, 1.54) is 17.7 Å². The number of nitrogens with two attached hydrogens (primary N) is 1. The predicted molar refractivity (Wildman–Crippen MR) is 72.0 cm³/mol. The van der Waals surface area contributed by atoms with Crippen molar-refractivity contribution < 1.29 is 8.42 Å². The summed E-state index contributed by atoms with van der Waals surface area (Å²) in [5, 5.41) is 9.32. The van der Waals surface area contributed by atoms with E-state index in [0.717, 1.165) is 0 Å². The number of aryl methyl sites for hydroxylation is 2. The van der Waals surface area contributed by atoms with Crippen molar-refractivity contribution in [3.8, 4) is 0 Å². The summed E-state index contributed by atoms with van der Waals surface area (Å²) in [7, 11) is -1.83. The molecule has 0 radical (unpaired) electrons. The lowest BCUT2D eigenvalue weighted by molar-refractivity contribution is 0.576. The largest absolute Gasteiger partial charge is 0.326 e. The molecule has 2 heterocycles. The molecule has 0 saturated carbocycles. The van der Waals surface area contributed by atoms with Gasteiger partial charge in [0.15, 0.2) is 0 Å². The fourth-order valence-corrected chi connectivity index (χ4v) is 4.37. The van der Waals surface area contributed by atoms with Crippen molar-refractivity contribution in [2.24, 2.45) is 12.8 Å². The van der Waals surface area contributed by atoms with Crippen LogP contribution in [0.3, 0.4) is 0 Å². The zero-order chi connectivity index (χ0) is 14.0. The first-order valence-electron chi connectivity index (χ1n) is 5.55. The van der Waals surface area contributed by atoms with E-state index in [2.05, 4.69) is 14.9 Å². The van der Waals surface area contributed by atoms with Gasteiger partial charge in [-0.05, 0) is 17.9 Å². The molecule has 2 rings (SSSR count). The SMILES string of the molecule is Cc1csc(CN)c1S(=O)(=O)NCc1nncn1C. The summed E-state index contributed by atoms with van der Waals surface area (Å²) in [5.41, 5.74) is 6.27. The Bertz CT molecular complexity index is 674. The highest BCUT2D eigenvalue weighted by Gasteiger charge is 2.22. The molecule has 0 fully saturated rings. The van der Waals surface area contributed by atoms with Crippen LogP contribution in [-0.2, 0) is 30.2 Å². The minimum Gasteiger partial charge on any atom is -0.326 e. The van der Waals surface area contributed by atoms with Gasteiger partial charge in [-0.3, -0.25) is 0 Å². The molecule has 7 nitrogen and oxygen atoms in total. The van der Waals surface area contributed by atoms with Gasteiger partial charge in [-0.1, -0.05) is 0 Å². The van der Waals surface area contributed by atoms with E-state index in [4.69, 9.17) is 5.73 Å². The number of thiophene rings is 1. The molecule has 0 aromatic carbocycles. The maximum absolute atomic E-state index is 12.3. The molecule has 104 valence electrons. The van der Waals surface area contributed by atoms with Crippen LogP contribution in [0.1, 0.15) is 16.3 Å². The Morgan fingerprint density at radius 3 is 2.84 bits per heavy atom. The molecule has 0 unspecified atom stereocenters. The zero-order valence-electron chi connectivity index (χ0n) is 10.6. The average molecular weight is 301 g/mol. The van der Waals surface area contributed by atoms with Crippen LogP contribution >= 0.6 is 11.3 Å². The van der Waals surface area contributed by atoms with Gasteiger partial charge in [0.05, 0.1) is 6.54 Å². The van der Waals surface area contributed by atoms with Gasteiger partial charge in [0, 0.05) is 18.5 Å². The molecule has 0 aliphatic carbocycles. The molecular weight excluding hydrogens is 286 g/mol. The van der Waals surface area contributed by atoms with Crippen molar-refractivity contribution in [1.82, 2.24) is 19.5 Å². The minimum atomic E-state index is -3.58. The van der Waals surface area contributed by atoms with Crippen LogP contribution in [0, 0.1) is 6.92 Å². The predicted octanol–water partition coefficient (Wildman–Crippen LogP) is 0.122. The summed E-state index contributed by atoms with van der Waals surface area (Å²) in [6.45, 7) is 2.06. The summed E-state index contributed by atoms with van der Waals surface area (Å²) < 4.78 is 28.7. The van der Waals surface area contributed by atoms with E-state index >= 15 is 0 Å². The highest BCUT2D eigenvalue weighted by molar-refractivity contribution is 7.89. The van der Waals surface area contributed by atoms with E-state index in [0.29, 0.717) is 16.3 Å². The van der Waals surface area contributed by atoms with Crippen molar-refractivity contribution >= 4 is 21.4 Å². The number of sulfonamides is 1.